The fourth-order valence-electron chi connectivity index (χ4n) is 2.60. The normalized spacial score (nSPS) is 22.7. The Morgan fingerprint density at radius 1 is 1.58 bits per heavy atom. The van der Waals surface area contributed by atoms with Gasteiger partial charge in [-0.1, -0.05) is 0 Å². The molecular weight excluding hydrogens is 244 g/mol. The number of ether oxygens (including phenoxy) is 1. The zero-order valence-electron chi connectivity index (χ0n) is 11.8. The Labute approximate surface area is 113 Å². The van der Waals surface area contributed by atoms with Crippen LogP contribution in [-0.4, -0.2) is 34.9 Å². The topological polar surface area (TPSA) is 82.2 Å². The maximum absolute atomic E-state index is 12.3. The van der Waals surface area contributed by atoms with Crippen LogP contribution in [0.3, 0.4) is 0 Å². The molecular formula is C13H22N4O2. The SMILES string of the molecule is CCn1nc(C)c(N)c1C(=O)NC1CCC(OC)C1. The number of rotatable bonds is 4. The second kappa shape index (κ2) is 5.61. The fourth-order valence-corrected chi connectivity index (χ4v) is 2.60. The average Bonchev–Trinajstić information content (AvgIpc) is 2.95. The van der Waals surface area contributed by atoms with Crippen molar-refractivity contribution in [1.29, 1.82) is 0 Å². The zero-order valence-corrected chi connectivity index (χ0v) is 11.8. The summed E-state index contributed by atoms with van der Waals surface area (Å²) in [6, 6.07) is 0.164. The lowest BCUT2D eigenvalue weighted by atomic mass is 10.2. The summed E-state index contributed by atoms with van der Waals surface area (Å²) >= 11 is 0. The second-order valence-electron chi connectivity index (χ2n) is 5.00. The van der Waals surface area contributed by atoms with Crippen LogP contribution in [0.4, 0.5) is 5.69 Å². The first-order valence-corrected chi connectivity index (χ1v) is 6.73. The summed E-state index contributed by atoms with van der Waals surface area (Å²) in [7, 11) is 1.71. The highest BCUT2D eigenvalue weighted by atomic mass is 16.5. The fraction of sp³-hybridized carbons (Fsp3) is 0.692. The lowest BCUT2D eigenvalue weighted by Gasteiger charge is -2.14. The van der Waals surface area contributed by atoms with Crippen molar-refractivity contribution < 1.29 is 9.53 Å². The van der Waals surface area contributed by atoms with Gasteiger partial charge in [-0.2, -0.15) is 5.10 Å². The van der Waals surface area contributed by atoms with Crippen molar-refractivity contribution in [3.05, 3.63) is 11.4 Å². The maximum atomic E-state index is 12.3. The molecule has 6 nitrogen and oxygen atoms in total. The third kappa shape index (κ3) is 2.73. The molecule has 1 amide bonds. The predicted octanol–water partition coefficient (Wildman–Crippen LogP) is 1.09. The first-order chi connectivity index (χ1) is 9.06. The van der Waals surface area contributed by atoms with Crippen molar-refractivity contribution >= 4 is 11.6 Å². The number of aromatic nitrogens is 2. The Balaban J connectivity index is 2.08. The predicted molar refractivity (Wildman–Crippen MR) is 73.0 cm³/mol. The number of nitrogen functional groups attached to an aromatic ring is 1. The van der Waals surface area contributed by atoms with Gasteiger partial charge < -0.3 is 15.8 Å². The van der Waals surface area contributed by atoms with Gasteiger partial charge in [0.2, 0.25) is 0 Å². The van der Waals surface area contributed by atoms with E-state index in [0.29, 0.717) is 23.6 Å². The lowest BCUT2D eigenvalue weighted by Crippen LogP contribution is -2.35. The van der Waals surface area contributed by atoms with Crippen molar-refractivity contribution in [2.45, 2.75) is 51.8 Å². The van der Waals surface area contributed by atoms with E-state index in [1.807, 2.05) is 13.8 Å². The largest absolute Gasteiger partial charge is 0.395 e. The van der Waals surface area contributed by atoms with Crippen LogP contribution in [0.1, 0.15) is 42.4 Å². The van der Waals surface area contributed by atoms with Gasteiger partial charge in [0.15, 0.2) is 0 Å². The van der Waals surface area contributed by atoms with Crippen molar-refractivity contribution in [3.8, 4) is 0 Å². The van der Waals surface area contributed by atoms with Gasteiger partial charge in [0.1, 0.15) is 5.69 Å². The third-order valence-corrected chi connectivity index (χ3v) is 3.74. The van der Waals surface area contributed by atoms with Gasteiger partial charge >= 0.3 is 0 Å². The van der Waals surface area contributed by atoms with Crippen LogP contribution in [0.15, 0.2) is 0 Å². The van der Waals surface area contributed by atoms with E-state index in [0.717, 1.165) is 19.3 Å². The Morgan fingerprint density at radius 2 is 2.32 bits per heavy atom. The van der Waals surface area contributed by atoms with Crippen LogP contribution in [-0.2, 0) is 11.3 Å². The van der Waals surface area contributed by atoms with E-state index in [2.05, 4.69) is 10.4 Å². The minimum absolute atomic E-state index is 0.137. The van der Waals surface area contributed by atoms with E-state index in [-0.39, 0.29) is 18.1 Å². The summed E-state index contributed by atoms with van der Waals surface area (Å²) in [5.41, 5.74) is 7.59. The second-order valence-corrected chi connectivity index (χ2v) is 5.00. The Morgan fingerprint density at radius 3 is 2.89 bits per heavy atom. The minimum atomic E-state index is -0.137. The molecule has 1 heterocycles. The summed E-state index contributed by atoms with van der Waals surface area (Å²) in [6.07, 6.45) is 3.05. The summed E-state index contributed by atoms with van der Waals surface area (Å²) in [6.45, 7) is 4.39. The van der Waals surface area contributed by atoms with Gasteiger partial charge in [-0.25, -0.2) is 0 Å². The number of anilines is 1. The first kappa shape index (κ1) is 13.9. The molecule has 1 aromatic rings. The Hall–Kier alpha value is -1.56. The van der Waals surface area contributed by atoms with Crippen molar-refractivity contribution in [2.75, 3.05) is 12.8 Å². The van der Waals surface area contributed by atoms with E-state index in [1.54, 1.807) is 11.8 Å². The first-order valence-electron chi connectivity index (χ1n) is 6.73. The van der Waals surface area contributed by atoms with Crippen molar-refractivity contribution in [1.82, 2.24) is 15.1 Å². The number of carbonyl (C=O) groups is 1. The molecule has 1 fully saturated rings. The van der Waals surface area contributed by atoms with Gasteiger partial charge in [0.25, 0.3) is 5.91 Å². The van der Waals surface area contributed by atoms with Crippen LogP contribution < -0.4 is 11.1 Å². The molecule has 1 aliphatic rings. The average molecular weight is 266 g/mol. The molecule has 19 heavy (non-hydrogen) atoms. The van der Waals surface area contributed by atoms with Gasteiger partial charge in [-0.05, 0) is 33.1 Å². The number of aryl methyl sites for hydroxylation is 2. The standard InChI is InChI=1S/C13H22N4O2/c1-4-17-12(11(14)8(2)16-17)13(18)15-9-5-6-10(7-9)19-3/h9-10H,4-7,14H2,1-3H3,(H,15,18). The van der Waals surface area contributed by atoms with Crippen LogP contribution in [0.2, 0.25) is 0 Å². The highest BCUT2D eigenvalue weighted by Gasteiger charge is 2.28. The molecule has 1 aromatic heterocycles. The van der Waals surface area contributed by atoms with Gasteiger partial charge in [0.05, 0.1) is 17.5 Å². The van der Waals surface area contributed by atoms with E-state index in [1.165, 1.54) is 0 Å². The van der Waals surface area contributed by atoms with Crippen LogP contribution in [0.25, 0.3) is 0 Å². The van der Waals surface area contributed by atoms with E-state index >= 15 is 0 Å². The summed E-state index contributed by atoms with van der Waals surface area (Å²) in [5.74, 6) is -0.137. The maximum Gasteiger partial charge on any atom is 0.271 e. The molecule has 0 aliphatic heterocycles. The van der Waals surface area contributed by atoms with Gasteiger partial charge in [0, 0.05) is 19.7 Å². The number of methoxy groups -OCH3 is 1. The molecule has 1 saturated carbocycles. The quantitative estimate of drug-likeness (QED) is 0.854. The number of nitrogens with zero attached hydrogens (tertiary/aromatic N) is 2. The number of nitrogens with one attached hydrogen (secondary N) is 1. The number of hydrogen-bond acceptors (Lipinski definition) is 4. The highest BCUT2D eigenvalue weighted by Crippen LogP contribution is 2.23. The molecule has 2 atom stereocenters. The molecule has 0 spiro atoms. The molecule has 0 radical (unpaired) electrons. The Kier molecular flexibility index (Phi) is 4.09. The molecule has 3 N–H and O–H groups in total. The minimum Gasteiger partial charge on any atom is -0.395 e. The van der Waals surface area contributed by atoms with E-state index in [9.17, 15) is 4.79 Å². The summed E-state index contributed by atoms with van der Waals surface area (Å²) < 4.78 is 6.96. The number of hydrogen-bond donors (Lipinski definition) is 2. The highest BCUT2D eigenvalue weighted by molar-refractivity contribution is 5.98. The Bertz CT molecular complexity index is 469. The molecule has 106 valence electrons. The van der Waals surface area contributed by atoms with E-state index < -0.39 is 0 Å². The number of carbonyl (C=O) groups excluding carboxylic acids is 1. The van der Waals surface area contributed by atoms with Crippen LogP contribution in [0.5, 0.6) is 0 Å². The third-order valence-electron chi connectivity index (χ3n) is 3.74. The summed E-state index contributed by atoms with van der Waals surface area (Å²) in [5, 5.41) is 7.29. The van der Waals surface area contributed by atoms with E-state index in [4.69, 9.17) is 10.5 Å². The smallest absolute Gasteiger partial charge is 0.271 e. The van der Waals surface area contributed by atoms with Crippen LogP contribution >= 0.6 is 0 Å². The zero-order chi connectivity index (χ0) is 14.0. The molecule has 2 unspecified atom stereocenters. The lowest BCUT2D eigenvalue weighted by molar-refractivity contribution is 0.0906. The molecule has 0 aromatic carbocycles. The van der Waals surface area contributed by atoms with Crippen molar-refractivity contribution in [2.24, 2.45) is 0 Å². The van der Waals surface area contributed by atoms with Gasteiger partial charge in [-0.15, -0.1) is 0 Å². The number of amides is 1. The number of nitrogens with two attached hydrogens (primary N) is 1. The van der Waals surface area contributed by atoms with Crippen LogP contribution in [0, 0.1) is 6.92 Å². The molecule has 6 heteroatoms. The molecule has 1 aliphatic carbocycles. The molecule has 0 bridgehead atoms. The molecule has 2 rings (SSSR count). The van der Waals surface area contributed by atoms with Crippen molar-refractivity contribution in [3.63, 3.8) is 0 Å². The monoisotopic (exact) mass is 266 g/mol. The molecule has 0 saturated heterocycles. The van der Waals surface area contributed by atoms with Gasteiger partial charge in [-0.3, -0.25) is 9.48 Å². The summed E-state index contributed by atoms with van der Waals surface area (Å²) in [4.78, 5) is 12.3.